The van der Waals surface area contributed by atoms with Gasteiger partial charge in [-0.2, -0.15) is 0 Å². The van der Waals surface area contributed by atoms with E-state index < -0.39 is 0 Å². The maximum atomic E-state index is 4.77. The van der Waals surface area contributed by atoms with Crippen LogP contribution in [0.3, 0.4) is 0 Å². The smallest absolute Gasteiger partial charge is 0.0871 e. The first-order valence-corrected chi connectivity index (χ1v) is 9.29. The number of hydrogen-bond acceptors (Lipinski definition) is 2. The second-order valence-corrected chi connectivity index (χ2v) is 7.42. The molecule has 3 rings (SSSR count). The maximum absolute atomic E-state index is 4.77. The molecule has 0 heterocycles. The van der Waals surface area contributed by atoms with Gasteiger partial charge in [-0.25, -0.2) is 4.99 Å². The minimum Gasteiger partial charge on any atom is -0.354 e. The van der Waals surface area contributed by atoms with E-state index in [1.807, 2.05) is 42.5 Å². The maximum Gasteiger partial charge on any atom is 0.0871 e. The van der Waals surface area contributed by atoms with Crippen molar-refractivity contribution >= 4 is 62.2 Å². The molecule has 0 aliphatic rings. The lowest BCUT2D eigenvalue weighted by atomic mass is 10.3. The third kappa shape index (κ3) is 4.78. The lowest BCUT2D eigenvalue weighted by Crippen LogP contribution is -2.05. The molecular formula is C19H14I2N2. The highest BCUT2D eigenvalue weighted by molar-refractivity contribution is 14.1. The molecule has 0 unspecified atom stereocenters. The Morgan fingerprint density at radius 2 is 1.26 bits per heavy atom. The molecule has 0 aliphatic heterocycles. The summed E-state index contributed by atoms with van der Waals surface area (Å²) < 4.78 is 2.42. The van der Waals surface area contributed by atoms with Gasteiger partial charge in [-0.05, 0) is 106 Å². The normalized spacial score (nSPS) is 11.3. The third-order valence-corrected chi connectivity index (χ3v) is 4.65. The van der Waals surface area contributed by atoms with Crippen molar-refractivity contribution in [2.24, 2.45) is 4.99 Å². The molecule has 0 amide bonds. The summed E-state index contributed by atoms with van der Waals surface area (Å²) in [5.74, 6) is 0. The van der Waals surface area contributed by atoms with Gasteiger partial charge in [-0.15, -0.1) is 0 Å². The lowest BCUT2D eigenvalue weighted by Gasteiger charge is -2.05. The average molecular weight is 524 g/mol. The second-order valence-electron chi connectivity index (χ2n) is 4.93. The van der Waals surface area contributed by atoms with E-state index in [1.165, 1.54) is 7.14 Å². The number of anilines is 2. The number of rotatable bonds is 3. The van der Waals surface area contributed by atoms with Crippen LogP contribution in [0.15, 0.2) is 83.9 Å². The first-order chi connectivity index (χ1) is 11.2. The molecule has 0 aliphatic carbocycles. The molecule has 4 heteroatoms. The summed E-state index contributed by atoms with van der Waals surface area (Å²) in [5, 5.41) is 4.36. The van der Waals surface area contributed by atoms with Gasteiger partial charge in [0.2, 0.25) is 0 Å². The van der Waals surface area contributed by atoms with Crippen LogP contribution in [-0.2, 0) is 0 Å². The molecule has 0 radical (unpaired) electrons. The van der Waals surface area contributed by atoms with Gasteiger partial charge in [-0.1, -0.05) is 18.2 Å². The fraction of sp³-hybridized carbons (Fsp3) is 0. The van der Waals surface area contributed by atoms with Crippen molar-refractivity contribution in [3.63, 3.8) is 0 Å². The van der Waals surface area contributed by atoms with E-state index in [1.54, 1.807) is 0 Å². The van der Waals surface area contributed by atoms with Crippen molar-refractivity contribution in [1.29, 1.82) is 0 Å². The summed E-state index contributed by atoms with van der Waals surface area (Å²) in [7, 11) is 0. The Balaban J connectivity index is 2.02. The molecular weight excluding hydrogens is 510 g/mol. The summed E-state index contributed by atoms with van der Waals surface area (Å²) >= 11 is 4.60. The SMILES string of the molecule is Ic1ccc(N=c2cccccc2Nc2ccc(I)cc2)cc1. The van der Waals surface area contributed by atoms with Gasteiger partial charge >= 0.3 is 0 Å². The second kappa shape index (κ2) is 7.92. The average Bonchev–Trinajstić information content (AvgIpc) is 2.77. The number of halogens is 2. The van der Waals surface area contributed by atoms with Crippen molar-refractivity contribution in [2.75, 3.05) is 5.32 Å². The Hall–Kier alpha value is -1.41. The zero-order valence-corrected chi connectivity index (χ0v) is 16.5. The van der Waals surface area contributed by atoms with E-state index in [2.05, 4.69) is 86.9 Å². The van der Waals surface area contributed by atoms with Crippen LogP contribution in [0.25, 0.3) is 0 Å². The van der Waals surface area contributed by atoms with Gasteiger partial charge in [0.1, 0.15) is 0 Å². The predicted octanol–water partition coefficient (Wildman–Crippen LogP) is 5.87. The van der Waals surface area contributed by atoms with Crippen molar-refractivity contribution in [1.82, 2.24) is 0 Å². The largest absolute Gasteiger partial charge is 0.354 e. The van der Waals surface area contributed by atoms with Crippen LogP contribution in [0.5, 0.6) is 0 Å². The topological polar surface area (TPSA) is 24.4 Å². The van der Waals surface area contributed by atoms with Gasteiger partial charge in [0.15, 0.2) is 0 Å². The molecule has 0 saturated carbocycles. The number of nitrogens with zero attached hydrogens (tertiary/aromatic N) is 1. The van der Waals surface area contributed by atoms with Crippen LogP contribution in [0.2, 0.25) is 0 Å². The van der Waals surface area contributed by atoms with Gasteiger partial charge in [-0.3, -0.25) is 0 Å². The summed E-state index contributed by atoms with van der Waals surface area (Å²) in [6.45, 7) is 0. The van der Waals surface area contributed by atoms with Crippen molar-refractivity contribution in [3.8, 4) is 0 Å². The summed E-state index contributed by atoms with van der Waals surface area (Å²) in [6, 6.07) is 26.6. The van der Waals surface area contributed by atoms with Gasteiger partial charge in [0, 0.05) is 12.8 Å². The predicted molar refractivity (Wildman–Crippen MR) is 113 cm³/mol. The molecule has 0 spiro atoms. The molecule has 23 heavy (non-hydrogen) atoms. The Morgan fingerprint density at radius 3 is 1.96 bits per heavy atom. The highest BCUT2D eigenvalue weighted by Crippen LogP contribution is 2.17. The van der Waals surface area contributed by atoms with E-state index in [4.69, 9.17) is 4.99 Å². The van der Waals surface area contributed by atoms with E-state index in [9.17, 15) is 0 Å². The fourth-order valence-electron chi connectivity index (χ4n) is 2.08. The van der Waals surface area contributed by atoms with Gasteiger partial charge in [0.25, 0.3) is 0 Å². The summed E-state index contributed by atoms with van der Waals surface area (Å²) in [4.78, 5) is 4.77. The van der Waals surface area contributed by atoms with Crippen molar-refractivity contribution in [2.45, 2.75) is 0 Å². The molecule has 114 valence electrons. The van der Waals surface area contributed by atoms with Crippen LogP contribution in [0.4, 0.5) is 17.1 Å². The zero-order chi connectivity index (χ0) is 16.1. The molecule has 0 atom stereocenters. The molecule has 3 aromatic rings. The monoisotopic (exact) mass is 524 g/mol. The summed E-state index contributed by atoms with van der Waals surface area (Å²) in [5.41, 5.74) is 2.98. The van der Waals surface area contributed by atoms with Crippen LogP contribution >= 0.6 is 45.2 Å². The highest BCUT2D eigenvalue weighted by atomic mass is 127. The first-order valence-electron chi connectivity index (χ1n) is 7.13. The van der Waals surface area contributed by atoms with E-state index in [0.29, 0.717) is 0 Å². The van der Waals surface area contributed by atoms with Gasteiger partial charge < -0.3 is 5.32 Å². The molecule has 3 aromatic carbocycles. The lowest BCUT2D eigenvalue weighted by molar-refractivity contribution is 1.34. The van der Waals surface area contributed by atoms with Crippen LogP contribution in [0, 0.1) is 7.14 Å². The quantitative estimate of drug-likeness (QED) is 0.426. The van der Waals surface area contributed by atoms with Crippen LogP contribution in [-0.4, -0.2) is 0 Å². The first kappa shape index (κ1) is 16.4. The van der Waals surface area contributed by atoms with Crippen LogP contribution < -0.4 is 10.7 Å². The standard InChI is InChI=1S/C19H14I2N2/c20-14-6-10-16(11-7-14)22-18-4-2-1-3-5-19(18)23-17-12-8-15(21)9-13-17/h1-13H,(H,22,23). The number of benzene rings is 2. The number of hydrogen-bond donors (Lipinski definition) is 1. The van der Waals surface area contributed by atoms with Crippen LogP contribution in [0.1, 0.15) is 0 Å². The zero-order valence-electron chi connectivity index (χ0n) is 12.2. The Kier molecular flexibility index (Phi) is 5.66. The Morgan fingerprint density at radius 1 is 0.652 bits per heavy atom. The molecule has 1 N–H and O–H groups in total. The number of nitrogens with one attached hydrogen (secondary N) is 1. The minimum atomic E-state index is 0.912. The van der Waals surface area contributed by atoms with Crippen molar-refractivity contribution in [3.05, 3.63) is 91.4 Å². The Bertz CT molecular complexity index is 857. The minimum absolute atomic E-state index is 0.912. The molecule has 0 fully saturated rings. The molecule has 0 saturated heterocycles. The molecule has 2 nitrogen and oxygen atoms in total. The van der Waals surface area contributed by atoms with E-state index in [0.717, 1.165) is 22.4 Å². The van der Waals surface area contributed by atoms with E-state index >= 15 is 0 Å². The van der Waals surface area contributed by atoms with Crippen molar-refractivity contribution < 1.29 is 0 Å². The summed E-state index contributed by atoms with van der Waals surface area (Å²) in [6.07, 6.45) is 0. The fourth-order valence-corrected chi connectivity index (χ4v) is 2.80. The molecule has 0 bridgehead atoms. The molecule has 0 aromatic heterocycles. The third-order valence-electron chi connectivity index (χ3n) is 3.21. The van der Waals surface area contributed by atoms with Gasteiger partial charge in [0.05, 0.1) is 16.7 Å². The Labute approximate surface area is 163 Å². The van der Waals surface area contributed by atoms with E-state index in [-0.39, 0.29) is 0 Å². The highest BCUT2D eigenvalue weighted by Gasteiger charge is 1.98.